The van der Waals surface area contributed by atoms with E-state index in [1.807, 2.05) is 0 Å². The second-order valence-electron chi connectivity index (χ2n) is 16.2. The summed E-state index contributed by atoms with van der Waals surface area (Å²) >= 11 is 15.2. The Morgan fingerprint density at radius 2 is 0.983 bits per heavy atom. The average molecular weight is 929 g/mol. The molecule has 0 spiro atoms. The molecule has 6 aromatic carbocycles. The van der Waals surface area contributed by atoms with Crippen LogP contribution >= 0.6 is 30.1 Å². The standard InChI is InChI=1S/C54H49Cl2N2P.Ru/c1-35-30-37(3)52(38(4)31-35)57-28-29-58(53-39(5)32-36(2)33-40(53)6)54(57)50-48(27-26-47(55)51(50)56)59(42-20-12-8-13-21-42,43-22-14-9-15-23-43)49-34-46(41-18-10-7-11-19-41)44-24-16-17-25-45(44)49;/h7-27,30-34,48H,28-29H2,1-6H3;/q;+2. The van der Waals surface area contributed by atoms with E-state index in [4.69, 9.17) is 23.2 Å². The van der Waals surface area contributed by atoms with Gasteiger partial charge in [0.2, 0.25) is 0 Å². The summed E-state index contributed by atoms with van der Waals surface area (Å²) in [7, 11) is 0. The first-order chi connectivity index (χ1) is 28.6. The van der Waals surface area contributed by atoms with Crippen LogP contribution in [-0.4, -0.2) is 24.0 Å². The number of halogens is 2. The summed E-state index contributed by atoms with van der Waals surface area (Å²) in [5.74, 6) is 1.10. The molecule has 2 nitrogen and oxygen atoms in total. The van der Waals surface area contributed by atoms with Crippen molar-refractivity contribution in [3.05, 3.63) is 229 Å². The van der Waals surface area contributed by atoms with Gasteiger partial charge in [-0.2, -0.15) is 0 Å². The van der Waals surface area contributed by atoms with Crippen molar-refractivity contribution in [2.75, 3.05) is 22.9 Å². The predicted molar refractivity (Wildman–Crippen MR) is 258 cm³/mol. The van der Waals surface area contributed by atoms with Gasteiger partial charge in [-0.3, -0.25) is 0 Å². The first kappa shape index (κ1) is 42.1. The van der Waals surface area contributed by atoms with Crippen LogP contribution in [0.2, 0.25) is 0 Å². The second kappa shape index (κ2) is 17.0. The Labute approximate surface area is 379 Å². The zero-order valence-electron chi connectivity index (χ0n) is 35.0. The summed E-state index contributed by atoms with van der Waals surface area (Å²) < 4.78 is 0. The molecule has 6 heteroatoms. The minimum atomic E-state index is -2.72. The number of hydrogen-bond donors (Lipinski definition) is 0. The van der Waals surface area contributed by atoms with Crippen LogP contribution in [0.3, 0.4) is 0 Å². The first-order valence-corrected chi connectivity index (χ1v) is 23.1. The van der Waals surface area contributed by atoms with Crippen LogP contribution in [0.15, 0.2) is 179 Å². The molecule has 1 atom stereocenters. The number of rotatable bonds is 6. The van der Waals surface area contributed by atoms with Crippen LogP contribution < -0.4 is 20.4 Å². The van der Waals surface area contributed by atoms with Crippen LogP contribution in [0, 0.1) is 41.5 Å². The molecule has 0 N–H and O–H groups in total. The molecule has 60 heavy (non-hydrogen) atoms. The SMILES string of the molecule is Cc1cc(C)c(N2CCN(c3c(C)cc(C)cc3C)C2=C2C(Cl)=C(Cl)C=CC2P(=C2C=C(c3ccccc3)c3ccccc32)(c2ccccc2)c2ccccc2)c(C)c1.[Ru+2]. The van der Waals surface area contributed by atoms with Crippen molar-refractivity contribution in [3.8, 4) is 0 Å². The summed E-state index contributed by atoms with van der Waals surface area (Å²) in [6, 6.07) is 51.5. The molecule has 3 aliphatic rings. The number of nitrogens with zero attached hydrogens (tertiary/aromatic N) is 2. The van der Waals surface area contributed by atoms with Crippen molar-refractivity contribution in [2.24, 2.45) is 0 Å². The maximum Gasteiger partial charge on any atom is 2.00 e. The van der Waals surface area contributed by atoms with Gasteiger partial charge in [0.05, 0.1) is 10.1 Å². The third kappa shape index (κ3) is 7.03. The minimum Gasteiger partial charge on any atom is -0.325 e. The van der Waals surface area contributed by atoms with Crippen molar-refractivity contribution in [2.45, 2.75) is 47.2 Å². The number of anilines is 2. The third-order valence-corrected chi connectivity index (χ3v) is 17.7. The Hall–Kier alpha value is -4.62. The van der Waals surface area contributed by atoms with E-state index in [2.05, 4.69) is 209 Å². The first-order valence-electron chi connectivity index (χ1n) is 20.5. The molecule has 0 amide bonds. The zero-order valence-corrected chi connectivity index (χ0v) is 39.1. The molecule has 2 aliphatic carbocycles. The van der Waals surface area contributed by atoms with Crippen molar-refractivity contribution in [3.63, 3.8) is 0 Å². The molecule has 0 aromatic heterocycles. The molecule has 0 saturated carbocycles. The summed E-state index contributed by atoms with van der Waals surface area (Å²) in [5, 5.41) is 5.08. The van der Waals surface area contributed by atoms with E-state index in [0.29, 0.717) is 10.1 Å². The molecular weight excluding hydrogens is 880 g/mol. The van der Waals surface area contributed by atoms with Gasteiger partial charge in [0.25, 0.3) is 0 Å². The monoisotopic (exact) mass is 928 g/mol. The molecule has 1 unspecified atom stereocenters. The molecule has 1 fully saturated rings. The van der Waals surface area contributed by atoms with Gasteiger partial charge in [-0.25, -0.2) is 0 Å². The van der Waals surface area contributed by atoms with Gasteiger partial charge in [0.15, 0.2) is 0 Å². The fraction of sp³-hybridized carbons (Fsp3) is 0.167. The van der Waals surface area contributed by atoms with E-state index in [1.165, 1.54) is 82.9 Å². The van der Waals surface area contributed by atoms with E-state index in [-0.39, 0.29) is 25.1 Å². The molecule has 1 saturated heterocycles. The molecule has 300 valence electrons. The van der Waals surface area contributed by atoms with E-state index in [0.717, 1.165) is 24.5 Å². The topological polar surface area (TPSA) is 6.48 Å². The Bertz CT molecular complexity index is 2660. The van der Waals surface area contributed by atoms with Crippen LogP contribution in [0.1, 0.15) is 50.1 Å². The van der Waals surface area contributed by atoms with Crippen molar-refractivity contribution >= 4 is 62.9 Å². The number of fused-ring (bicyclic) bond motifs is 1. The number of benzene rings is 6. The molecule has 6 aromatic rings. The van der Waals surface area contributed by atoms with Gasteiger partial charge in [0.1, 0.15) is 5.82 Å². The Morgan fingerprint density at radius 1 is 0.550 bits per heavy atom. The van der Waals surface area contributed by atoms with Gasteiger partial charge < -0.3 is 9.80 Å². The molecule has 0 bridgehead atoms. The fourth-order valence-electron chi connectivity index (χ4n) is 10.2. The van der Waals surface area contributed by atoms with Crippen LogP contribution in [0.4, 0.5) is 11.4 Å². The maximum absolute atomic E-state index is 7.91. The largest absolute Gasteiger partial charge is 2.00 e. The number of allylic oxidation sites excluding steroid dienone is 6. The fourth-order valence-corrected chi connectivity index (χ4v) is 15.7. The maximum atomic E-state index is 7.91. The molecule has 1 heterocycles. The number of aryl methyl sites for hydroxylation is 6. The minimum absolute atomic E-state index is 0. The zero-order chi connectivity index (χ0) is 41.0. The molecule has 0 radical (unpaired) electrons. The van der Waals surface area contributed by atoms with Crippen LogP contribution in [0.25, 0.3) is 5.57 Å². The number of hydrogen-bond acceptors (Lipinski definition) is 2. The summed E-state index contributed by atoms with van der Waals surface area (Å²) in [5.41, 5.74) is 15.8. The molecule has 9 rings (SSSR count). The molecule has 1 aliphatic heterocycles. The molecular formula is C54H49Cl2N2PRu+2. The van der Waals surface area contributed by atoms with Crippen molar-refractivity contribution < 1.29 is 19.5 Å². The van der Waals surface area contributed by atoms with Gasteiger partial charge in [-0.05, 0) is 121 Å². The summed E-state index contributed by atoms with van der Waals surface area (Å²) in [6.07, 6.45) is 6.95. The second-order valence-corrected chi connectivity index (χ2v) is 20.6. The summed E-state index contributed by atoms with van der Waals surface area (Å²) in [4.78, 5) is 5.11. The van der Waals surface area contributed by atoms with E-state index in [9.17, 15) is 0 Å². The van der Waals surface area contributed by atoms with Gasteiger partial charge in [-0.15, -0.1) is 0 Å². The van der Waals surface area contributed by atoms with Crippen molar-refractivity contribution in [1.82, 2.24) is 0 Å². The Morgan fingerprint density at radius 3 is 1.47 bits per heavy atom. The Kier molecular flexibility index (Phi) is 11.9. The van der Waals surface area contributed by atoms with E-state index >= 15 is 0 Å². The summed E-state index contributed by atoms with van der Waals surface area (Å²) in [6.45, 7) is 12.2. The van der Waals surface area contributed by atoms with Gasteiger partial charge >= 0.3 is 19.5 Å². The Balaban J connectivity index is 0.00000499. The third-order valence-electron chi connectivity index (χ3n) is 12.3. The van der Waals surface area contributed by atoms with Crippen LogP contribution in [0.5, 0.6) is 0 Å². The van der Waals surface area contributed by atoms with E-state index < -0.39 is 6.89 Å². The van der Waals surface area contributed by atoms with Gasteiger partial charge in [0, 0.05) is 35.7 Å². The predicted octanol–water partition coefficient (Wildman–Crippen LogP) is 13.0. The van der Waals surface area contributed by atoms with Gasteiger partial charge in [-0.1, -0.05) is 180 Å². The van der Waals surface area contributed by atoms with E-state index in [1.54, 1.807) is 0 Å². The quantitative estimate of drug-likeness (QED) is 0.121. The van der Waals surface area contributed by atoms with Crippen LogP contribution in [-0.2, 0) is 19.5 Å². The smallest absolute Gasteiger partial charge is 0.325 e. The normalized spacial score (nSPS) is 16.4. The average Bonchev–Trinajstić information content (AvgIpc) is 3.82. The van der Waals surface area contributed by atoms with Crippen molar-refractivity contribution in [1.29, 1.82) is 0 Å².